The lowest BCUT2D eigenvalue weighted by atomic mass is 10.2. The van der Waals surface area contributed by atoms with Gasteiger partial charge in [0, 0.05) is 0 Å². The van der Waals surface area contributed by atoms with E-state index in [0.717, 1.165) is 6.08 Å². The first-order valence-electron chi connectivity index (χ1n) is 3.75. The van der Waals surface area contributed by atoms with Crippen molar-refractivity contribution < 1.29 is 26.7 Å². The van der Waals surface area contributed by atoms with Crippen LogP contribution in [0.3, 0.4) is 0 Å². The van der Waals surface area contributed by atoms with Crippen LogP contribution in [-0.2, 0) is 0 Å². The Balaban J connectivity index is 3.31. The summed E-state index contributed by atoms with van der Waals surface area (Å²) in [6.07, 6.45) is 1.11. The third-order valence-electron chi connectivity index (χ3n) is 1.52. The summed E-state index contributed by atoms with van der Waals surface area (Å²) >= 11 is 0. The van der Waals surface area contributed by atoms with Crippen molar-refractivity contribution in [2.75, 3.05) is 6.61 Å². The maximum Gasteiger partial charge on any atom is 0.207 e. The Morgan fingerprint density at radius 1 is 0.867 bits per heavy atom. The molecule has 0 atom stereocenters. The van der Waals surface area contributed by atoms with E-state index >= 15 is 0 Å². The van der Waals surface area contributed by atoms with E-state index in [1.54, 1.807) is 0 Å². The van der Waals surface area contributed by atoms with Crippen molar-refractivity contribution in [1.82, 2.24) is 0 Å². The zero-order valence-electron chi connectivity index (χ0n) is 7.29. The molecule has 0 radical (unpaired) electrons. The maximum absolute atomic E-state index is 12.8. The van der Waals surface area contributed by atoms with Gasteiger partial charge in [0.25, 0.3) is 0 Å². The molecule has 0 heterocycles. The van der Waals surface area contributed by atoms with Gasteiger partial charge in [-0.2, -0.15) is 8.78 Å². The molecule has 1 aromatic rings. The molecule has 82 valence electrons. The van der Waals surface area contributed by atoms with Crippen molar-refractivity contribution in [1.29, 1.82) is 0 Å². The first kappa shape index (κ1) is 11.5. The van der Waals surface area contributed by atoms with E-state index in [2.05, 4.69) is 11.3 Å². The van der Waals surface area contributed by atoms with Gasteiger partial charge in [-0.3, -0.25) is 0 Å². The molecule has 0 N–H and O–H groups in total. The number of ether oxygens (including phenoxy) is 1. The second kappa shape index (κ2) is 4.29. The molecule has 0 saturated heterocycles. The van der Waals surface area contributed by atoms with Crippen molar-refractivity contribution in [2.45, 2.75) is 0 Å². The Morgan fingerprint density at radius 2 is 1.27 bits per heavy atom. The van der Waals surface area contributed by atoms with Crippen molar-refractivity contribution in [2.24, 2.45) is 0 Å². The summed E-state index contributed by atoms with van der Waals surface area (Å²) in [4.78, 5) is 0. The highest BCUT2D eigenvalue weighted by atomic mass is 19.2. The Hall–Kier alpha value is -1.59. The van der Waals surface area contributed by atoms with Crippen molar-refractivity contribution >= 4 is 0 Å². The number of hydrogen-bond acceptors (Lipinski definition) is 1. The molecule has 0 amide bonds. The average Bonchev–Trinajstić information content (AvgIpc) is 2.24. The fraction of sp³-hybridized carbons (Fsp3) is 0.111. The summed E-state index contributed by atoms with van der Waals surface area (Å²) in [5, 5.41) is 0. The van der Waals surface area contributed by atoms with Crippen LogP contribution in [0.2, 0.25) is 0 Å². The molecule has 1 nitrogen and oxygen atoms in total. The quantitative estimate of drug-likeness (QED) is 0.332. The average molecular weight is 224 g/mol. The van der Waals surface area contributed by atoms with E-state index in [1.807, 2.05) is 0 Å². The first-order valence-corrected chi connectivity index (χ1v) is 3.75. The Labute approximate surface area is 81.8 Å². The molecule has 0 aliphatic rings. The third-order valence-corrected chi connectivity index (χ3v) is 1.52. The highest BCUT2D eigenvalue weighted by Gasteiger charge is 2.26. The van der Waals surface area contributed by atoms with Crippen molar-refractivity contribution in [3.05, 3.63) is 41.7 Å². The summed E-state index contributed by atoms with van der Waals surface area (Å²) in [7, 11) is 0. The van der Waals surface area contributed by atoms with Gasteiger partial charge >= 0.3 is 0 Å². The lowest BCUT2D eigenvalue weighted by Crippen LogP contribution is -2.06. The fourth-order valence-electron chi connectivity index (χ4n) is 0.854. The van der Waals surface area contributed by atoms with E-state index in [9.17, 15) is 22.0 Å². The molecule has 0 unspecified atom stereocenters. The SMILES string of the molecule is C=CCOc1c(F)c(F)c(F)c(F)c1F. The molecule has 0 fully saturated rings. The fourth-order valence-corrected chi connectivity index (χ4v) is 0.854. The largest absolute Gasteiger partial charge is 0.483 e. The predicted octanol–water partition coefficient (Wildman–Crippen LogP) is 2.95. The van der Waals surface area contributed by atoms with Crippen LogP contribution >= 0.6 is 0 Å². The molecule has 0 aliphatic heterocycles. The van der Waals surface area contributed by atoms with Crippen LogP contribution < -0.4 is 4.74 Å². The van der Waals surface area contributed by atoms with Crippen molar-refractivity contribution in [3.63, 3.8) is 0 Å². The van der Waals surface area contributed by atoms with Gasteiger partial charge in [0.15, 0.2) is 5.75 Å². The molecule has 1 aromatic carbocycles. The minimum Gasteiger partial charge on any atom is -0.483 e. The molecule has 6 heteroatoms. The molecule has 0 aliphatic carbocycles. The Kier molecular flexibility index (Phi) is 3.28. The zero-order chi connectivity index (χ0) is 11.6. The van der Waals surface area contributed by atoms with E-state index < -0.39 is 34.8 Å². The van der Waals surface area contributed by atoms with Crippen LogP contribution in [0.4, 0.5) is 22.0 Å². The van der Waals surface area contributed by atoms with Crippen LogP contribution in [0.25, 0.3) is 0 Å². The number of rotatable bonds is 3. The maximum atomic E-state index is 12.8. The minimum absolute atomic E-state index is 0.363. The monoisotopic (exact) mass is 224 g/mol. The highest BCUT2D eigenvalue weighted by Crippen LogP contribution is 2.28. The molecule has 0 bridgehead atoms. The van der Waals surface area contributed by atoms with Crippen LogP contribution in [0.15, 0.2) is 12.7 Å². The molecular formula is C9H5F5O. The van der Waals surface area contributed by atoms with Gasteiger partial charge in [-0.05, 0) is 0 Å². The lowest BCUT2D eigenvalue weighted by Gasteiger charge is -2.07. The Morgan fingerprint density at radius 3 is 1.67 bits per heavy atom. The van der Waals surface area contributed by atoms with Gasteiger partial charge in [0.05, 0.1) is 0 Å². The van der Waals surface area contributed by atoms with Crippen molar-refractivity contribution in [3.8, 4) is 5.75 Å². The van der Waals surface area contributed by atoms with E-state index in [0.29, 0.717) is 0 Å². The second-order valence-electron chi connectivity index (χ2n) is 2.50. The summed E-state index contributed by atoms with van der Waals surface area (Å²) in [6.45, 7) is 2.80. The molecule has 15 heavy (non-hydrogen) atoms. The highest BCUT2D eigenvalue weighted by molar-refractivity contribution is 5.29. The second-order valence-corrected chi connectivity index (χ2v) is 2.50. The smallest absolute Gasteiger partial charge is 0.207 e. The molecule has 1 rings (SSSR count). The number of benzene rings is 1. The van der Waals surface area contributed by atoms with Crippen LogP contribution in [0.1, 0.15) is 0 Å². The summed E-state index contributed by atoms with van der Waals surface area (Å²) in [5.41, 5.74) is 0. The predicted molar refractivity (Wildman–Crippen MR) is 41.9 cm³/mol. The number of hydrogen-bond donors (Lipinski definition) is 0. The molecule has 0 spiro atoms. The van der Waals surface area contributed by atoms with E-state index in [1.165, 1.54) is 0 Å². The van der Waals surface area contributed by atoms with Crippen LogP contribution in [0.5, 0.6) is 5.75 Å². The minimum atomic E-state index is -2.21. The zero-order valence-corrected chi connectivity index (χ0v) is 7.29. The summed E-state index contributed by atoms with van der Waals surface area (Å²) < 4.78 is 67.7. The normalized spacial score (nSPS) is 10.2. The third kappa shape index (κ3) is 1.93. The molecular weight excluding hydrogens is 219 g/mol. The lowest BCUT2D eigenvalue weighted by molar-refractivity contribution is 0.287. The van der Waals surface area contributed by atoms with E-state index in [-0.39, 0.29) is 6.61 Å². The van der Waals surface area contributed by atoms with Gasteiger partial charge < -0.3 is 4.74 Å². The molecule has 0 aromatic heterocycles. The summed E-state index contributed by atoms with van der Waals surface area (Å²) in [5.74, 6) is -11.6. The van der Waals surface area contributed by atoms with Crippen LogP contribution in [0, 0.1) is 29.1 Å². The summed E-state index contributed by atoms with van der Waals surface area (Å²) in [6, 6.07) is 0. The van der Waals surface area contributed by atoms with Gasteiger partial charge in [0.1, 0.15) is 6.61 Å². The number of halogens is 5. The first-order chi connectivity index (χ1) is 7.00. The molecule has 0 saturated carbocycles. The standard InChI is InChI=1S/C9H5F5O/c1-2-3-15-9-7(13)5(11)4(10)6(12)8(9)14/h2H,1,3H2. The Bertz CT molecular complexity index is 373. The van der Waals surface area contributed by atoms with Gasteiger partial charge in [0.2, 0.25) is 29.1 Å². The van der Waals surface area contributed by atoms with Crippen LogP contribution in [-0.4, -0.2) is 6.61 Å². The van der Waals surface area contributed by atoms with Gasteiger partial charge in [-0.1, -0.05) is 12.7 Å². The topological polar surface area (TPSA) is 9.23 Å². The van der Waals surface area contributed by atoms with Gasteiger partial charge in [-0.25, -0.2) is 13.2 Å². The van der Waals surface area contributed by atoms with Gasteiger partial charge in [-0.15, -0.1) is 0 Å². The van der Waals surface area contributed by atoms with E-state index in [4.69, 9.17) is 0 Å².